The van der Waals surface area contributed by atoms with Gasteiger partial charge in [-0.15, -0.1) is 10.2 Å². The first kappa shape index (κ1) is 27.0. The highest BCUT2D eigenvalue weighted by Gasteiger charge is 2.24. The van der Waals surface area contributed by atoms with Gasteiger partial charge >= 0.3 is 0 Å². The van der Waals surface area contributed by atoms with Gasteiger partial charge in [0.15, 0.2) is 23.6 Å². The summed E-state index contributed by atoms with van der Waals surface area (Å²) in [7, 11) is 0. The van der Waals surface area contributed by atoms with E-state index >= 15 is 8.78 Å². The van der Waals surface area contributed by atoms with Crippen LogP contribution < -0.4 is 11.5 Å². The first-order chi connectivity index (χ1) is 19.1. The van der Waals surface area contributed by atoms with E-state index in [-0.39, 0.29) is 29.1 Å². The third-order valence-corrected chi connectivity index (χ3v) is 7.47. The minimum Gasteiger partial charge on any atom is -0.370 e. The molecule has 0 radical (unpaired) electrons. The second kappa shape index (κ2) is 10.9. The fourth-order valence-electron chi connectivity index (χ4n) is 5.24. The Morgan fingerprint density at radius 3 is 1.50 bits per heavy atom. The minimum atomic E-state index is -0.437. The summed E-state index contributed by atoms with van der Waals surface area (Å²) in [5.41, 5.74) is 15.3. The number of nitrogens with one attached hydrogen (secondary N) is 2. The average Bonchev–Trinajstić information content (AvgIpc) is 3.38. The molecule has 1 aromatic heterocycles. The van der Waals surface area contributed by atoms with Crippen molar-refractivity contribution in [2.75, 3.05) is 26.2 Å². The number of aromatic nitrogens is 3. The van der Waals surface area contributed by atoms with Crippen LogP contribution in [0.15, 0.2) is 48.6 Å². The van der Waals surface area contributed by atoms with Gasteiger partial charge in [0, 0.05) is 32.2 Å². The smallest absolute Gasteiger partial charge is 0.188 e. The molecule has 0 fully saturated rings. The molecule has 5 rings (SSSR count). The third-order valence-electron chi connectivity index (χ3n) is 7.47. The van der Waals surface area contributed by atoms with Crippen molar-refractivity contribution in [2.24, 2.45) is 11.5 Å². The van der Waals surface area contributed by atoms with E-state index in [4.69, 9.17) is 22.3 Å². The molecule has 11 heteroatoms. The van der Waals surface area contributed by atoms with Crippen LogP contribution in [0.4, 0.5) is 8.78 Å². The Bertz CT molecular complexity index is 1430. The first-order valence-electron chi connectivity index (χ1n) is 13.3. The molecule has 2 aromatic carbocycles. The van der Waals surface area contributed by atoms with Crippen molar-refractivity contribution in [2.45, 2.75) is 32.7 Å². The summed E-state index contributed by atoms with van der Waals surface area (Å²) in [6, 6.07) is 9.91. The summed E-state index contributed by atoms with van der Waals surface area (Å²) >= 11 is 0. The molecule has 0 aliphatic carbocycles. The first-order valence-corrected chi connectivity index (χ1v) is 13.3. The lowest BCUT2D eigenvalue weighted by Gasteiger charge is -2.26. The number of nitrogens with zero attached hydrogens (tertiary/aromatic N) is 5. The number of rotatable bonds is 5. The Kier molecular flexibility index (Phi) is 7.38. The van der Waals surface area contributed by atoms with Crippen LogP contribution in [0, 0.1) is 22.5 Å². The van der Waals surface area contributed by atoms with Gasteiger partial charge in [-0.2, -0.15) is 0 Å². The molecule has 6 N–H and O–H groups in total. The molecule has 0 saturated heterocycles. The maximum Gasteiger partial charge on any atom is 0.188 e. The fourth-order valence-corrected chi connectivity index (χ4v) is 5.24. The van der Waals surface area contributed by atoms with Crippen LogP contribution >= 0.6 is 0 Å². The van der Waals surface area contributed by atoms with Gasteiger partial charge in [0.2, 0.25) is 0 Å². The zero-order valence-corrected chi connectivity index (χ0v) is 22.6. The zero-order valence-electron chi connectivity index (χ0n) is 22.6. The minimum absolute atomic E-state index is 0.0267. The van der Waals surface area contributed by atoms with Crippen LogP contribution in [0.5, 0.6) is 0 Å². The van der Waals surface area contributed by atoms with Crippen LogP contribution in [-0.4, -0.2) is 62.7 Å². The molecule has 3 heterocycles. The normalized spacial score (nSPS) is 15.7. The summed E-state index contributed by atoms with van der Waals surface area (Å²) in [6.45, 7) is 6.09. The van der Waals surface area contributed by atoms with Crippen LogP contribution in [-0.2, 0) is 0 Å². The van der Waals surface area contributed by atoms with E-state index in [1.807, 2.05) is 38.1 Å². The average molecular weight is 546 g/mol. The quantitative estimate of drug-likeness (QED) is 0.276. The van der Waals surface area contributed by atoms with Gasteiger partial charge in [-0.1, -0.05) is 24.3 Å². The third kappa shape index (κ3) is 5.18. The van der Waals surface area contributed by atoms with Crippen LogP contribution in [0.3, 0.4) is 0 Å². The van der Waals surface area contributed by atoms with Crippen LogP contribution in [0.1, 0.15) is 43.9 Å². The summed E-state index contributed by atoms with van der Waals surface area (Å²) in [5.74, 6) is -0.159. The van der Waals surface area contributed by atoms with Crippen molar-refractivity contribution in [1.82, 2.24) is 24.6 Å². The van der Waals surface area contributed by atoms with E-state index in [0.717, 1.165) is 22.3 Å². The molecular formula is C29H33F2N9. The van der Waals surface area contributed by atoms with Crippen molar-refractivity contribution in [3.63, 3.8) is 0 Å². The van der Waals surface area contributed by atoms with Crippen molar-refractivity contribution < 1.29 is 8.78 Å². The predicted octanol–water partition coefficient (Wildman–Crippen LogP) is 4.44. The lowest BCUT2D eigenvalue weighted by Crippen LogP contribution is -2.39. The highest BCUT2D eigenvalue weighted by atomic mass is 19.1. The number of nitrogens with two attached hydrogens (primary N) is 2. The fraction of sp³-hybridized carbons (Fsp3) is 0.310. The number of hydrogen-bond acceptors (Lipinski definition) is 4. The monoisotopic (exact) mass is 545 g/mol. The van der Waals surface area contributed by atoms with E-state index in [0.29, 0.717) is 50.7 Å². The van der Waals surface area contributed by atoms with Crippen LogP contribution in [0.2, 0.25) is 0 Å². The van der Waals surface area contributed by atoms with Crippen molar-refractivity contribution >= 4 is 23.1 Å². The number of halogens is 2. The van der Waals surface area contributed by atoms with Crippen molar-refractivity contribution in [3.8, 4) is 22.8 Å². The van der Waals surface area contributed by atoms with E-state index in [1.54, 1.807) is 26.5 Å². The van der Waals surface area contributed by atoms with Gasteiger partial charge in [0.25, 0.3) is 0 Å². The predicted molar refractivity (Wildman–Crippen MR) is 153 cm³/mol. The molecule has 0 saturated carbocycles. The standard InChI is InChI=1S/C29H33F2N9/c1-17(2)40-26(22-5-3-20(15-24(22)30)18-7-11-38(12-8-18)28(32)33)36-37-27(40)23-6-4-21(16-25(23)31)19-9-13-39(14-10-19)29(34)35/h3-7,9,15-17H,8,10-14H2,1-2H3,(H3,32,33)(H3,34,35). The topological polar surface area (TPSA) is 137 Å². The van der Waals surface area contributed by atoms with Crippen molar-refractivity contribution in [3.05, 3.63) is 71.3 Å². The summed E-state index contributed by atoms with van der Waals surface area (Å²) in [5, 5.41) is 23.8. The van der Waals surface area contributed by atoms with Crippen molar-refractivity contribution in [1.29, 1.82) is 10.8 Å². The van der Waals surface area contributed by atoms with E-state index < -0.39 is 11.6 Å². The number of guanidine groups is 2. The molecule has 0 unspecified atom stereocenters. The maximum atomic E-state index is 15.5. The van der Waals surface area contributed by atoms with Gasteiger partial charge in [-0.05, 0) is 73.2 Å². The molecule has 208 valence electrons. The highest BCUT2D eigenvalue weighted by Crippen LogP contribution is 2.34. The Morgan fingerprint density at radius 2 is 1.20 bits per heavy atom. The summed E-state index contributed by atoms with van der Waals surface area (Å²) < 4.78 is 32.7. The largest absolute Gasteiger partial charge is 0.370 e. The van der Waals surface area contributed by atoms with Gasteiger partial charge in [0.05, 0.1) is 11.1 Å². The highest BCUT2D eigenvalue weighted by molar-refractivity contribution is 5.78. The lowest BCUT2D eigenvalue weighted by molar-refractivity contribution is 0.451. The zero-order chi connectivity index (χ0) is 28.6. The molecule has 2 aliphatic heterocycles. The Hall–Kier alpha value is -4.54. The molecular weight excluding hydrogens is 512 g/mol. The van der Waals surface area contributed by atoms with Gasteiger partial charge in [-0.25, -0.2) is 8.78 Å². The molecule has 40 heavy (non-hydrogen) atoms. The maximum absolute atomic E-state index is 15.5. The molecule has 0 amide bonds. The molecule has 3 aromatic rings. The Labute approximate surface area is 231 Å². The number of benzene rings is 2. The van der Waals surface area contributed by atoms with E-state index in [9.17, 15) is 0 Å². The summed E-state index contributed by atoms with van der Waals surface area (Å²) in [4.78, 5) is 3.50. The molecule has 2 aliphatic rings. The SMILES string of the molecule is CC(C)n1c(-c2ccc(C3=CCN(C(=N)N)CC3)cc2F)nnc1-c1ccc(C2=CCN(C(=N)N)CC2)cc1F. The number of hydrogen-bond donors (Lipinski definition) is 4. The van der Waals surface area contributed by atoms with E-state index in [1.165, 1.54) is 12.1 Å². The van der Waals surface area contributed by atoms with Gasteiger partial charge < -0.3 is 25.8 Å². The summed E-state index contributed by atoms with van der Waals surface area (Å²) in [6.07, 6.45) is 5.24. The van der Waals surface area contributed by atoms with E-state index in [2.05, 4.69) is 10.2 Å². The van der Waals surface area contributed by atoms with Crippen LogP contribution in [0.25, 0.3) is 33.9 Å². The Balaban J connectivity index is 1.44. The molecule has 0 spiro atoms. The van der Waals surface area contributed by atoms with Gasteiger partial charge in [0.1, 0.15) is 11.6 Å². The molecule has 9 nitrogen and oxygen atoms in total. The molecule has 0 atom stereocenters. The second-order valence-corrected chi connectivity index (χ2v) is 10.3. The second-order valence-electron chi connectivity index (χ2n) is 10.3. The Morgan fingerprint density at radius 1 is 0.775 bits per heavy atom. The van der Waals surface area contributed by atoms with Gasteiger partial charge in [-0.3, -0.25) is 10.8 Å². The lowest BCUT2D eigenvalue weighted by atomic mass is 9.97. The molecule has 0 bridgehead atoms.